The predicted octanol–water partition coefficient (Wildman–Crippen LogP) is 4.80. The van der Waals surface area contributed by atoms with Gasteiger partial charge in [-0.3, -0.25) is 43.8 Å². The van der Waals surface area contributed by atoms with E-state index in [9.17, 15) is 28.8 Å². The van der Waals surface area contributed by atoms with Crippen LogP contribution in [0.3, 0.4) is 0 Å². The molecule has 3 aromatic heterocycles. The predicted molar refractivity (Wildman–Crippen MR) is 244 cm³/mol. The zero-order valence-corrected chi connectivity index (χ0v) is 37.4. The van der Waals surface area contributed by atoms with Crippen molar-refractivity contribution in [2.24, 2.45) is 0 Å². The molecule has 65 heavy (non-hydrogen) atoms. The van der Waals surface area contributed by atoms with Crippen LogP contribution in [0.5, 0.6) is 0 Å². The Morgan fingerprint density at radius 3 is 2.34 bits per heavy atom. The average Bonchev–Trinajstić information content (AvgIpc) is 3.84. The maximum absolute atomic E-state index is 13.9. The molecule has 9 rings (SSSR count). The minimum absolute atomic E-state index is 0.0153. The summed E-state index contributed by atoms with van der Waals surface area (Å²) in [7, 11) is 0. The number of hydrogen-bond acceptors (Lipinski definition) is 11. The van der Waals surface area contributed by atoms with E-state index in [1.807, 2.05) is 36.0 Å². The standard InChI is InChI=1S/C48H55N11O6/c1-5-6-32-21-30(4)52-45(62)39(32)26-50-44(61)37-23-34(24-41-40(37)27-51-58(41)29(2)3)33-8-10-42(49-25-33)56-19-17-55(18-20-56)35-11-14-54(15-12-35)28-31-7-9-36-38(22-31)47(64)59(46(36)63)57-16-13-43(60)53-48(57)65/h7-10,21-25,27,29,35H,5-6,11-20,26,28H2,1-4H3,(H,50,61)(H,52,62)(H,53,60,65). The van der Waals surface area contributed by atoms with Crippen LogP contribution >= 0.6 is 0 Å². The molecule has 338 valence electrons. The zero-order valence-electron chi connectivity index (χ0n) is 37.4. The maximum Gasteiger partial charge on any atom is 0.343 e. The monoisotopic (exact) mass is 881 g/mol. The number of carbonyl (C=O) groups is 5. The van der Waals surface area contributed by atoms with E-state index in [1.54, 1.807) is 18.3 Å². The Morgan fingerprint density at radius 2 is 1.63 bits per heavy atom. The van der Waals surface area contributed by atoms with Crippen LogP contribution in [0.25, 0.3) is 22.0 Å². The Bertz CT molecular complexity index is 2750. The van der Waals surface area contributed by atoms with Gasteiger partial charge in [-0.05, 0) is 112 Å². The van der Waals surface area contributed by atoms with Crippen molar-refractivity contribution in [3.8, 4) is 11.1 Å². The van der Waals surface area contributed by atoms with Crippen LogP contribution in [0.2, 0.25) is 0 Å². The Balaban J connectivity index is 0.804. The first-order chi connectivity index (χ1) is 31.4. The molecule has 4 aliphatic rings. The number of aryl methyl sites for hydroxylation is 2. The second kappa shape index (κ2) is 18.0. The number of nitrogens with one attached hydrogen (secondary N) is 3. The maximum atomic E-state index is 13.9. The Morgan fingerprint density at radius 1 is 0.862 bits per heavy atom. The number of likely N-dealkylation sites (tertiary alicyclic amines) is 1. The van der Waals surface area contributed by atoms with Crippen LogP contribution in [-0.2, 0) is 24.3 Å². The van der Waals surface area contributed by atoms with Crippen LogP contribution in [0.15, 0.2) is 65.7 Å². The third-order valence-electron chi connectivity index (χ3n) is 13.2. The summed E-state index contributed by atoms with van der Waals surface area (Å²) in [6, 6.07) is 15.1. The SMILES string of the molecule is CCCc1cc(C)[nH]c(=O)c1CNC(=O)c1cc(-c2ccc(N3CCN(C4CCN(Cc5ccc6c(c5)C(=O)N(N5CCC(=O)NC5=O)C6=O)CC4)CC3)nc2)cc2c1cnn2C(C)C. The number of rotatable bonds is 12. The van der Waals surface area contributed by atoms with Gasteiger partial charge >= 0.3 is 6.03 Å². The number of carbonyl (C=O) groups excluding carboxylic acids is 5. The molecule has 3 N–H and O–H groups in total. The number of hydrazine groups is 1. The second-order valence-electron chi connectivity index (χ2n) is 17.8. The number of pyridine rings is 2. The van der Waals surface area contributed by atoms with Crippen molar-refractivity contribution in [1.29, 1.82) is 0 Å². The third kappa shape index (κ3) is 8.65. The molecule has 4 aliphatic heterocycles. The Hall–Kier alpha value is -6.72. The molecule has 3 saturated heterocycles. The van der Waals surface area contributed by atoms with Gasteiger partial charge < -0.3 is 15.2 Å². The molecule has 0 saturated carbocycles. The van der Waals surface area contributed by atoms with Crippen molar-refractivity contribution in [3.63, 3.8) is 0 Å². The lowest BCUT2D eigenvalue weighted by Gasteiger charge is -2.43. The first-order valence-corrected chi connectivity index (χ1v) is 22.7. The van der Waals surface area contributed by atoms with Crippen LogP contribution in [0.1, 0.15) is 106 Å². The van der Waals surface area contributed by atoms with Gasteiger partial charge in [-0.2, -0.15) is 10.1 Å². The fraction of sp³-hybridized carbons (Fsp3) is 0.417. The molecule has 0 unspecified atom stereocenters. The summed E-state index contributed by atoms with van der Waals surface area (Å²) >= 11 is 0. The van der Waals surface area contributed by atoms with E-state index in [2.05, 4.69) is 74.4 Å². The molecule has 0 spiro atoms. The summed E-state index contributed by atoms with van der Waals surface area (Å²) in [5, 5.41) is 12.4. The van der Waals surface area contributed by atoms with Crippen molar-refractivity contribution in [2.45, 2.75) is 85.0 Å². The van der Waals surface area contributed by atoms with Gasteiger partial charge in [0.1, 0.15) is 5.82 Å². The van der Waals surface area contributed by atoms with E-state index in [0.29, 0.717) is 23.7 Å². The number of imide groups is 2. The van der Waals surface area contributed by atoms with Crippen molar-refractivity contribution >= 4 is 46.4 Å². The topological polar surface area (TPSA) is 189 Å². The highest BCUT2D eigenvalue weighted by molar-refractivity contribution is 6.22. The fourth-order valence-corrected chi connectivity index (χ4v) is 9.75. The molecule has 0 aliphatic carbocycles. The van der Waals surface area contributed by atoms with Gasteiger partial charge in [0.15, 0.2) is 0 Å². The molecular weight excluding hydrogens is 827 g/mol. The first kappa shape index (κ1) is 43.5. The van der Waals surface area contributed by atoms with Gasteiger partial charge in [-0.1, -0.05) is 19.4 Å². The first-order valence-electron chi connectivity index (χ1n) is 22.7. The fourth-order valence-electron chi connectivity index (χ4n) is 9.75. The van der Waals surface area contributed by atoms with Crippen molar-refractivity contribution in [1.82, 2.24) is 50.2 Å². The second-order valence-corrected chi connectivity index (χ2v) is 17.8. The number of anilines is 1. The van der Waals surface area contributed by atoms with Gasteiger partial charge in [0.05, 0.1) is 34.9 Å². The summed E-state index contributed by atoms with van der Waals surface area (Å²) in [5.74, 6) is -0.915. The molecule has 2 aromatic carbocycles. The highest BCUT2D eigenvalue weighted by Crippen LogP contribution is 2.32. The molecule has 0 atom stereocenters. The number of fused-ring (bicyclic) bond motifs is 2. The Kier molecular flexibility index (Phi) is 12.1. The van der Waals surface area contributed by atoms with E-state index in [-0.39, 0.29) is 48.1 Å². The number of urea groups is 1. The number of nitrogens with zero attached hydrogens (tertiary/aromatic N) is 8. The van der Waals surface area contributed by atoms with E-state index in [1.165, 1.54) is 0 Å². The number of aromatic nitrogens is 4. The van der Waals surface area contributed by atoms with E-state index in [4.69, 9.17) is 4.98 Å². The minimum Gasteiger partial charge on any atom is -0.354 e. The normalized spacial score (nSPS) is 17.7. The zero-order chi connectivity index (χ0) is 45.5. The van der Waals surface area contributed by atoms with Crippen molar-refractivity contribution < 1.29 is 24.0 Å². The molecule has 0 bridgehead atoms. The van der Waals surface area contributed by atoms with Gasteiger partial charge in [0, 0.05) is 86.2 Å². The lowest BCUT2D eigenvalue weighted by molar-refractivity contribution is -0.122. The summed E-state index contributed by atoms with van der Waals surface area (Å²) in [5.41, 5.74) is 6.70. The number of amides is 6. The molecule has 6 amide bonds. The summed E-state index contributed by atoms with van der Waals surface area (Å²) < 4.78 is 1.92. The van der Waals surface area contributed by atoms with Gasteiger partial charge in [0.25, 0.3) is 23.3 Å². The van der Waals surface area contributed by atoms with Gasteiger partial charge in [0.2, 0.25) is 5.91 Å². The number of piperazine rings is 1. The highest BCUT2D eigenvalue weighted by atomic mass is 16.2. The number of hydrogen-bond donors (Lipinski definition) is 3. The van der Waals surface area contributed by atoms with E-state index >= 15 is 0 Å². The number of benzene rings is 2. The third-order valence-corrected chi connectivity index (χ3v) is 13.2. The van der Waals surface area contributed by atoms with Gasteiger partial charge in [-0.15, -0.1) is 0 Å². The molecule has 17 heteroatoms. The molecule has 17 nitrogen and oxygen atoms in total. The summed E-state index contributed by atoms with van der Waals surface area (Å²) in [6.45, 7) is 14.2. The minimum atomic E-state index is -0.775. The lowest BCUT2D eigenvalue weighted by Crippen LogP contribution is -2.58. The molecule has 0 radical (unpaired) electrons. The average molecular weight is 882 g/mol. The number of aromatic amines is 1. The van der Waals surface area contributed by atoms with Crippen LogP contribution in [-0.4, -0.2) is 121 Å². The van der Waals surface area contributed by atoms with Crippen LogP contribution in [0.4, 0.5) is 10.6 Å². The van der Waals surface area contributed by atoms with E-state index in [0.717, 1.165) is 120 Å². The molecule has 3 fully saturated rings. The smallest absolute Gasteiger partial charge is 0.343 e. The number of piperidine rings is 1. The van der Waals surface area contributed by atoms with Crippen molar-refractivity contribution in [3.05, 3.63) is 110 Å². The summed E-state index contributed by atoms with van der Waals surface area (Å²) in [4.78, 5) is 92.4. The van der Waals surface area contributed by atoms with Crippen LogP contribution in [0, 0.1) is 6.92 Å². The summed E-state index contributed by atoms with van der Waals surface area (Å²) in [6.07, 6.45) is 7.32. The largest absolute Gasteiger partial charge is 0.354 e. The lowest BCUT2D eigenvalue weighted by atomic mass is 10.00. The van der Waals surface area contributed by atoms with Crippen molar-refractivity contribution in [2.75, 3.05) is 50.7 Å². The molecule has 5 aromatic rings. The van der Waals surface area contributed by atoms with Gasteiger partial charge in [-0.25, -0.2) is 14.8 Å². The quantitative estimate of drug-likeness (QED) is 0.146. The van der Waals surface area contributed by atoms with Crippen LogP contribution < -0.4 is 21.1 Å². The number of H-pyrrole nitrogens is 1. The molecular formula is C48H55N11O6. The highest BCUT2D eigenvalue weighted by Gasteiger charge is 2.43. The Labute approximate surface area is 376 Å². The van der Waals surface area contributed by atoms with E-state index < -0.39 is 23.8 Å². The molecule has 7 heterocycles.